The Morgan fingerprint density at radius 2 is 1.95 bits per heavy atom. The maximum Gasteiger partial charge on any atom is 0.306 e. The van der Waals surface area contributed by atoms with E-state index in [0.29, 0.717) is 29.7 Å². The van der Waals surface area contributed by atoms with E-state index in [4.69, 9.17) is 21.1 Å². The van der Waals surface area contributed by atoms with E-state index in [9.17, 15) is 9.59 Å². The molecule has 0 bridgehead atoms. The van der Waals surface area contributed by atoms with Crippen LogP contribution in [0.15, 0.2) is 18.2 Å². The number of amides is 1. The van der Waals surface area contributed by atoms with Gasteiger partial charge in [0.15, 0.2) is 0 Å². The lowest BCUT2D eigenvalue weighted by Crippen LogP contribution is -2.15. The molecule has 0 saturated carbocycles. The van der Waals surface area contributed by atoms with Gasteiger partial charge in [0.25, 0.3) is 0 Å². The molecule has 20 heavy (non-hydrogen) atoms. The molecule has 1 aromatic rings. The van der Waals surface area contributed by atoms with E-state index in [-0.39, 0.29) is 18.7 Å². The Labute approximate surface area is 123 Å². The first-order valence-electron chi connectivity index (χ1n) is 6.44. The minimum Gasteiger partial charge on any atom is -0.492 e. The van der Waals surface area contributed by atoms with Gasteiger partial charge in [-0.1, -0.05) is 11.6 Å². The van der Waals surface area contributed by atoms with Gasteiger partial charge in [0, 0.05) is 11.4 Å². The average Bonchev–Trinajstić information content (AvgIpc) is 2.40. The van der Waals surface area contributed by atoms with Gasteiger partial charge in [-0.2, -0.15) is 0 Å². The molecule has 5 nitrogen and oxygen atoms in total. The van der Waals surface area contributed by atoms with Crippen LogP contribution in [0.4, 0.5) is 5.69 Å². The van der Waals surface area contributed by atoms with Gasteiger partial charge in [0.2, 0.25) is 5.91 Å². The molecule has 0 atom stereocenters. The van der Waals surface area contributed by atoms with Crippen molar-refractivity contribution < 1.29 is 19.1 Å². The number of hydrogen-bond donors (Lipinski definition) is 1. The van der Waals surface area contributed by atoms with E-state index in [2.05, 4.69) is 5.32 Å². The van der Waals surface area contributed by atoms with E-state index in [0.717, 1.165) is 0 Å². The van der Waals surface area contributed by atoms with Crippen molar-refractivity contribution in [2.24, 2.45) is 0 Å². The summed E-state index contributed by atoms with van der Waals surface area (Å²) >= 11 is 5.89. The van der Waals surface area contributed by atoms with Crippen LogP contribution < -0.4 is 10.1 Å². The monoisotopic (exact) mass is 299 g/mol. The highest BCUT2D eigenvalue weighted by Crippen LogP contribution is 2.28. The summed E-state index contributed by atoms with van der Waals surface area (Å²) < 4.78 is 10.2. The minimum absolute atomic E-state index is 0.0458. The number of ether oxygens (including phenoxy) is 2. The largest absolute Gasteiger partial charge is 0.492 e. The molecule has 0 aliphatic heterocycles. The molecule has 0 aliphatic rings. The number of rotatable bonds is 7. The number of carbonyl (C=O) groups is 2. The van der Waals surface area contributed by atoms with Gasteiger partial charge in [0.1, 0.15) is 5.75 Å². The molecule has 0 spiro atoms. The molecule has 1 amide bonds. The molecule has 1 N–H and O–H groups in total. The first-order valence-corrected chi connectivity index (χ1v) is 6.82. The zero-order valence-electron chi connectivity index (χ0n) is 11.6. The second-order valence-electron chi connectivity index (χ2n) is 3.93. The normalized spacial score (nSPS) is 9.95. The first kappa shape index (κ1) is 16.3. The van der Waals surface area contributed by atoms with Crippen LogP contribution in [-0.2, 0) is 14.3 Å². The number of hydrogen-bond acceptors (Lipinski definition) is 4. The Morgan fingerprint density at radius 3 is 2.60 bits per heavy atom. The molecule has 6 heteroatoms. The Hall–Kier alpha value is -1.75. The van der Waals surface area contributed by atoms with Gasteiger partial charge in [-0.3, -0.25) is 9.59 Å². The van der Waals surface area contributed by atoms with Crippen LogP contribution in [0.25, 0.3) is 0 Å². The van der Waals surface area contributed by atoms with Crippen molar-refractivity contribution in [3.63, 3.8) is 0 Å². The summed E-state index contributed by atoms with van der Waals surface area (Å²) in [6, 6.07) is 4.97. The zero-order chi connectivity index (χ0) is 15.0. The maximum absolute atomic E-state index is 11.8. The van der Waals surface area contributed by atoms with Crippen LogP contribution in [0.5, 0.6) is 5.75 Å². The fourth-order valence-corrected chi connectivity index (χ4v) is 1.71. The van der Waals surface area contributed by atoms with E-state index in [1.807, 2.05) is 6.92 Å². The number of nitrogens with one attached hydrogen (secondary N) is 1. The third-order valence-electron chi connectivity index (χ3n) is 2.38. The highest BCUT2D eigenvalue weighted by molar-refractivity contribution is 6.31. The Morgan fingerprint density at radius 1 is 1.20 bits per heavy atom. The molecule has 0 unspecified atom stereocenters. The van der Waals surface area contributed by atoms with Crippen molar-refractivity contribution in [2.75, 3.05) is 18.5 Å². The third kappa shape index (κ3) is 5.48. The minimum atomic E-state index is -0.390. The Bertz CT molecular complexity index is 476. The quantitative estimate of drug-likeness (QED) is 0.786. The van der Waals surface area contributed by atoms with E-state index >= 15 is 0 Å². The van der Waals surface area contributed by atoms with Crippen LogP contribution in [-0.4, -0.2) is 25.1 Å². The summed E-state index contributed by atoms with van der Waals surface area (Å²) in [6.45, 7) is 4.36. The fourth-order valence-electron chi connectivity index (χ4n) is 1.54. The smallest absolute Gasteiger partial charge is 0.306 e. The molecule has 0 aliphatic carbocycles. The second kappa shape index (κ2) is 8.43. The maximum atomic E-state index is 11.8. The summed E-state index contributed by atoms with van der Waals surface area (Å²) in [4.78, 5) is 22.9. The number of carbonyl (C=O) groups excluding carboxylic acids is 2. The highest BCUT2D eigenvalue weighted by atomic mass is 35.5. The summed E-state index contributed by atoms with van der Waals surface area (Å²) in [5, 5.41) is 3.17. The third-order valence-corrected chi connectivity index (χ3v) is 2.61. The van der Waals surface area contributed by atoms with E-state index < -0.39 is 5.97 Å². The standard InChI is InChI=1S/C14H18ClNO4/c1-3-19-12-6-5-10(15)9-11(12)16-13(17)7-8-14(18)20-4-2/h5-6,9H,3-4,7-8H2,1-2H3,(H,16,17). The van der Waals surface area contributed by atoms with Crippen LogP contribution in [0.1, 0.15) is 26.7 Å². The Kier molecular flexibility index (Phi) is 6.87. The zero-order valence-corrected chi connectivity index (χ0v) is 12.3. The number of esters is 1. The predicted octanol–water partition coefficient (Wildman–Crippen LogP) is 3.02. The van der Waals surface area contributed by atoms with Crippen molar-refractivity contribution in [1.29, 1.82) is 0 Å². The highest BCUT2D eigenvalue weighted by Gasteiger charge is 2.11. The molecule has 0 fully saturated rings. The predicted molar refractivity (Wildman–Crippen MR) is 77.1 cm³/mol. The number of benzene rings is 1. The number of anilines is 1. The van der Waals surface area contributed by atoms with Gasteiger partial charge >= 0.3 is 5.97 Å². The summed E-state index contributed by atoms with van der Waals surface area (Å²) in [6.07, 6.45) is 0.0983. The van der Waals surface area contributed by atoms with E-state index in [1.54, 1.807) is 25.1 Å². The number of halogens is 1. The molecule has 0 saturated heterocycles. The molecule has 0 radical (unpaired) electrons. The lowest BCUT2D eigenvalue weighted by molar-refractivity contribution is -0.144. The van der Waals surface area contributed by atoms with Crippen molar-refractivity contribution in [3.05, 3.63) is 23.2 Å². The molecule has 1 rings (SSSR count). The fraction of sp³-hybridized carbons (Fsp3) is 0.429. The molecular weight excluding hydrogens is 282 g/mol. The van der Waals surface area contributed by atoms with Gasteiger partial charge in [-0.05, 0) is 32.0 Å². The Balaban J connectivity index is 2.60. The van der Waals surface area contributed by atoms with Crippen molar-refractivity contribution >= 4 is 29.2 Å². The van der Waals surface area contributed by atoms with Crippen molar-refractivity contribution in [1.82, 2.24) is 0 Å². The summed E-state index contributed by atoms with van der Waals surface area (Å²) in [5.41, 5.74) is 0.494. The first-order chi connectivity index (χ1) is 9.56. The molecule has 0 aromatic heterocycles. The summed E-state index contributed by atoms with van der Waals surface area (Å²) in [7, 11) is 0. The van der Waals surface area contributed by atoms with Crippen LogP contribution >= 0.6 is 11.6 Å². The SMILES string of the molecule is CCOC(=O)CCC(=O)Nc1cc(Cl)ccc1OCC. The molecule has 0 heterocycles. The molecule has 1 aromatic carbocycles. The van der Waals surface area contributed by atoms with Crippen LogP contribution in [0.3, 0.4) is 0 Å². The average molecular weight is 300 g/mol. The van der Waals surface area contributed by atoms with Crippen LogP contribution in [0, 0.1) is 0 Å². The summed E-state index contributed by atoms with van der Waals surface area (Å²) in [5.74, 6) is -0.138. The van der Waals surface area contributed by atoms with Crippen molar-refractivity contribution in [2.45, 2.75) is 26.7 Å². The van der Waals surface area contributed by atoms with Crippen LogP contribution in [0.2, 0.25) is 5.02 Å². The molecular formula is C14H18ClNO4. The topological polar surface area (TPSA) is 64.6 Å². The molecule has 110 valence electrons. The lowest BCUT2D eigenvalue weighted by Gasteiger charge is -2.11. The van der Waals surface area contributed by atoms with Gasteiger partial charge < -0.3 is 14.8 Å². The van der Waals surface area contributed by atoms with Gasteiger partial charge in [-0.25, -0.2) is 0 Å². The van der Waals surface area contributed by atoms with Crippen molar-refractivity contribution in [3.8, 4) is 5.75 Å². The van der Waals surface area contributed by atoms with Gasteiger partial charge in [-0.15, -0.1) is 0 Å². The van der Waals surface area contributed by atoms with E-state index in [1.165, 1.54) is 0 Å². The van der Waals surface area contributed by atoms with Gasteiger partial charge in [0.05, 0.1) is 25.3 Å². The lowest BCUT2D eigenvalue weighted by atomic mass is 10.2. The second-order valence-corrected chi connectivity index (χ2v) is 4.36.